The third-order valence-electron chi connectivity index (χ3n) is 2.73. The summed E-state index contributed by atoms with van der Waals surface area (Å²) >= 11 is 0. The SMILES string of the molecule is O=C(O)CCOCCOCCOCCOCCC(=O)NCCS(=O)(=O)O.[H-].[Na+]. The van der Waals surface area contributed by atoms with Crippen LogP contribution < -0.4 is 34.9 Å². The number of amides is 1. The van der Waals surface area contributed by atoms with Gasteiger partial charge in [-0.1, -0.05) is 0 Å². The molecule has 0 radical (unpaired) electrons. The molecule has 0 aromatic rings. The minimum atomic E-state index is -4.07. The largest absolute Gasteiger partial charge is 1.00 e. The fourth-order valence-electron chi connectivity index (χ4n) is 1.49. The predicted molar refractivity (Wildman–Crippen MR) is 90.7 cm³/mol. The van der Waals surface area contributed by atoms with E-state index in [4.69, 9.17) is 28.6 Å². The van der Waals surface area contributed by atoms with E-state index in [1.807, 2.05) is 0 Å². The fourth-order valence-corrected chi connectivity index (χ4v) is 1.85. The van der Waals surface area contributed by atoms with E-state index in [1.54, 1.807) is 0 Å². The van der Waals surface area contributed by atoms with Crippen LogP contribution in [0.5, 0.6) is 0 Å². The van der Waals surface area contributed by atoms with Gasteiger partial charge >= 0.3 is 35.5 Å². The molecular formula is C14H28NNaO10S. The smallest absolute Gasteiger partial charge is 1.00 e. The van der Waals surface area contributed by atoms with Gasteiger partial charge in [-0.05, 0) is 0 Å². The minimum Gasteiger partial charge on any atom is -1.00 e. The Morgan fingerprint density at radius 2 is 1.22 bits per heavy atom. The second-order valence-corrected chi connectivity index (χ2v) is 6.55. The first-order chi connectivity index (χ1) is 12.3. The topological polar surface area (TPSA) is 158 Å². The van der Waals surface area contributed by atoms with Crippen LogP contribution in [0.2, 0.25) is 0 Å². The van der Waals surface area contributed by atoms with E-state index in [1.165, 1.54) is 0 Å². The molecule has 0 heterocycles. The molecule has 156 valence electrons. The first kappa shape index (κ1) is 28.9. The molecular weight excluding hydrogens is 397 g/mol. The first-order valence-corrected chi connectivity index (χ1v) is 9.67. The summed E-state index contributed by atoms with van der Waals surface area (Å²) in [5.41, 5.74) is 0. The molecule has 0 unspecified atom stereocenters. The van der Waals surface area contributed by atoms with Gasteiger partial charge in [-0.3, -0.25) is 14.1 Å². The normalized spacial score (nSPS) is 11.0. The number of rotatable bonds is 18. The maximum atomic E-state index is 11.3. The Bertz CT molecular complexity index is 495. The molecule has 3 N–H and O–H groups in total. The maximum Gasteiger partial charge on any atom is 1.00 e. The number of carbonyl (C=O) groups is 2. The van der Waals surface area contributed by atoms with Crippen molar-refractivity contribution in [1.29, 1.82) is 0 Å². The number of aliphatic carboxylic acids is 1. The van der Waals surface area contributed by atoms with Gasteiger partial charge in [-0.15, -0.1) is 0 Å². The van der Waals surface area contributed by atoms with Crippen LogP contribution in [0.4, 0.5) is 0 Å². The molecule has 0 saturated carbocycles. The molecule has 0 aliphatic rings. The Morgan fingerprint density at radius 3 is 1.63 bits per heavy atom. The van der Waals surface area contributed by atoms with Crippen LogP contribution in [0.3, 0.4) is 0 Å². The predicted octanol–water partition coefficient (Wildman–Crippen LogP) is -3.96. The van der Waals surface area contributed by atoms with Gasteiger partial charge in [0.15, 0.2) is 0 Å². The van der Waals surface area contributed by atoms with Crippen molar-refractivity contribution >= 4 is 22.0 Å². The van der Waals surface area contributed by atoms with Crippen molar-refractivity contribution in [3.05, 3.63) is 0 Å². The molecule has 0 aromatic carbocycles. The quantitative estimate of drug-likeness (QED) is 0.112. The molecule has 0 atom stereocenters. The van der Waals surface area contributed by atoms with Gasteiger partial charge < -0.3 is 30.8 Å². The molecule has 0 rings (SSSR count). The second-order valence-electron chi connectivity index (χ2n) is 4.98. The van der Waals surface area contributed by atoms with Crippen molar-refractivity contribution in [1.82, 2.24) is 5.32 Å². The molecule has 0 aliphatic heterocycles. The molecule has 1 amide bonds. The van der Waals surface area contributed by atoms with Gasteiger partial charge in [0.05, 0.1) is 65.0 Å². The third kappa shape index (κ3) is 25.7. The van der Waals surface area contributed by atoms with Gasteiger partial charge in [0.1, 0.15) is 0 Å². The van der Waals surface area contributed by atoms with Crippen molar-refractivity contribution in [2.24, 2.45) is 0 Å². The zero-order valence-electron chi connectivity index (χ0n) is 16.6. The van der Waals surface area contributed by atoms with E-state index in [2.05, 4.69) is 5.32 Å². The van der Waals surface area contributed by atoms with E-state index in [0.717, 1.165) is 0 Å². The Labute approximate surface area is 182 Å². The van der Waals surface area contributed by atoms with Crippen molar-refractivity contribution in [3.8, 4) is 0 Å². The molecule has 0 saturated heterocycles. The summed E-state index contributed by atoms with van der Waals surface area (Å²) < 4.78 is 50.1. The molecule has 27 heavy (non-hydrogen) atoms. The van der Waals surface area contributed by atoms with Crippen molar-refractivity contribution in [2.75, 3.05) is 65.2 Å². The van der Waals surface area contributed by atoms with Crippen molar-refractivity contribution < 1.29 is 77.6 Å². The number of carbonyl (C=O) groups excluding carboxylic acids is 1. The average Bonchev–Trinajstić information content (AvgIpc) is 2.53. The molecule has 0 spiro atoms. The van der Waals surface area contributed by atoms with Crippen LogP contribution in [0, 0.1) is 0 Å². The molecule has 0 bridgehead atoms. The monoisotopic (exact) mass is 425 g/mol. The van der Waals surface area contributed by atoms with E-state index in [0.29, 0.717) is 39.6 Å². The summed E-state index contributed by atoms with van der Waals surface area (Å²) in [6.07, 6.45) is 0.0474. The van der Waals surface area contributed by atoms with Crippen LogP contribution in [-0.4, -0.2) is 95.1 Å². The molecule has 0 aliphatic carbocycles. The van der Waals surface area contributed by atoms with E-state index in [-0.39, 0.29) is 69.5 Å². The molecule has 11 nitrogen and oxygen atoms in total. The van der Waals surface area contributed by atoms with Gasteiger partial charge in [0.25, 0.3) is 10.1 Å². The molecule has 13 heteroatoms. The van der Waals surface area contributed by atoms with Crippen LogP contribution >= 0.6 is 0 Å². The molecule has 0 aromatic heterocycles. The van der Waals surface area contributed by atoms with Gasteiger partial charge in [0, 0.05) is 13.0 Å². The zero-order chi connectivity index (χ0) is 19.7. The summed E-state index contributed by atoms with van der Waals surface area (Å²) in [5.74, 6) is -1.79. The number of nitrogens with one attached hydrogen (secondary N) is 1. The first-order valence-electron chi connectivity index (χ1n) is 8.06. The number of hydrogen-bond donors (Lipinski definition) is 3. The van der Waals surface area contributed by atoms with E-state index >= 15 is 0 Å². The van der Waals surface area contributed by atoms with Crippen LogP contribution in [0.1, 0.15) is 14.3 Å². The summed E-state index contributed by atoms with van der Waals surface area (Å²) in [7, 11) is -4.07. The number of carboxylic acids is 1. The van der Waals surface area contributed by atoms with E-state index in [9.17, 15) is 18.0 Å². The Hall–Kier alpha value is -0.310. The summed E-state index contributed by atoms with van der Waals surface area (Å²) in [5, 5.41) is 10.7. The van der Waals surface area contributed by atoms with Gasteiger partial charge in [0.2, 0.25) is 5.91 Å². The van der Waals surface area contributed by atoms with Crippen molar-refractivity contribution in [2.45, 2.75) is 12.8 Å². The average molecular weight is 425 g/mol. The van der Waals surface area contributed by atoms with Crippen LogP contribution in [-0.2, 0) is 38.7 Å². The summed E-state index contributed by atoms with van der Waals surface area (Å²) in [6, 6.07) is 0. The molecule has 0 fully saturated rings. The Kier molecular flexibility index (Phi) is 20.4. The number of hydrogen-bond acceptors (Lipinski definition) is 8. The third-order valence-corrected chi connectivity index (χ3v) is 3.45. The number of carboxylic acid groups (broad SMARTS) is 1. The van der Waals surface area contributed by atoms with Crippen LogP contribution in [0.15, 0.2) is 0 Å². The Balaban J connectivity index is -0.00000312. The van der Waals surface area contributed by atoms with Gasteiger partial charge in [-0.2, -0.15) is 8.42 Å². The minimum absolute atomic E-state index is 0. The zero-order valence-corrected chi connectivity index (χ0v) is 18.4. The summed E-state index contributed by atoms with van der Waals surface area (Å²) in [6.45, 7) is 2.24. The standard InChI is InChI=1S/C14H27NO10S.Na.H/c16-13(15-3-12-26(19,20)21)1-4-22-6-8-24-10-11-25-9-7-23-5-2-14(17)18;;/h1-12H2,(H,15,16)(H,17,18)(H,19,20,21);;/q;+1;-1. The van der Waals surface area contributed by atoms with Crippen molar-refractivity contribution in [3.63, 3.8) is 0 Å². The summed E-state index contributed by atoms with van der Waals surface area (Å²) in [4.78, 5) is 21.5. The fraction of sp³-hybridized carbons (Fsp3) is 0.857. The number of ether oxygens (including phenoxy) is 4. The van der Waals surface area contributed by atoms with Gasteiger partial charge in [-0.25, -0.2) is 0 Å². The maximum absolute atomic E-state index is 11.3. The Morgan fingerprint density at radius 1 is 0.815 bits per heavy atom. The second kappa shape index (κ2) is 19.0. The van der Waals surface area contributed by atoms with E-state index < -0.39 is 21.8 Å². The van der Waals surface area contributed by atoms with Crippen LogP contribution in [0.25, 0.3) is 0 Å².